The third kappa shape index (κ3) is 5.40. The summed E-state index contributed by atoms with van der Waals surface area (Å²) in [5.74, 6) is -0.718. The Morgan fingerprint density at radius 2 is 1.82 bits per heavy atom. The monoisotopic (exact) mass is 328 g/mol. The zero-order valence-electron chi connectivity index (χ0n) is 13.4. The molecule has 0 saturated heterocycles. The number of hydrogen-bond acceptors (Lipinski definition) is 4. The fraction of sp³-hybridized carbons (Fsp3) is 0.533. The average molecular weight is 328 g/mol. The number of hydroxylamine groups is 1. The van der Waals surface area contributed by atoms with Crippen molar-refractivity contribution in [1.82, 2.24) is 10.2 Å². The predicted molar refractivity (Wildman–Crippen MR) is 84.5 cm³/mol. The lowest BCUT2D eigenvalue weighted by atomic mass is 10.1. The SMILES string of the molecule is CCCONC(=O)C(NS(=O)(=O)c1ccc(C)cc1)C(C)C. The first-order chi connectivity index (χ1) is 10.3. The van der Waals surface area contributed by atoms with Crippen molar-refractivity contribution < 1.29 is 18.0 Å². The third-order valence-corrected chi connectivity index (χ3v) is 4.50. The second-order valence-electron chi connectivity index (χ2n) is 5.47. The van der Waals surface area contributed by atoms with Gasteiger partial charge in [0.1, 0.15) is 6.04 Å². The Balaban J connectivity index is 2.85. The minimum Gasteiger partial charge on any atom is -0.274 e. The van der Waals surface area contributed by atoms with E-state index in [9.17, 15) is 13.2 Å². The van der Waals surface area contributed by atoms with Crippen molar-refractivity contribution in [2.45, 2.75) is 45.1 Å². The van der Waals surface area contributed by atoms with E-state index in [2.05, 4.69) is 10.2 Å². The molecule has 1 aromatic carbocycles. The third-order valence-electron chi connectivity index (χ3n) is 3.04. The van der Waals surface area contributed by atoms with E-state index < -0.39 is 22.0 Å². The standard InChI is InChI=1S/C15H24N2O4S/c1-5-10-21-16-15(18)14(11(2)3)17-22(19,20)13-8-6-12(4)7-9-13/h6-9,11,14,17H,5,10H2,1-4H3,(H,16,18). The lowest BCUT2D eigenvalue weighted by Crippen LogP contribution is -2.49. The zero-order valence-corrected chi connectivity index (χ0v) is 14.2. The molecule has 1 atom stereocenters. The first kappa shape index (κ1) is 18.6. The molecule has 0 saturated carbocycles. The van der Waals surface area contributed by atoms with Gasteiger partial charge in [-0.2, -0.15) is 4.72 Å². The van der Waals surface area contributed by atoms with E-state index >= 15 is 0 Å². The van der Waals surface area contributed by atoms with Crippen LogP contribution in [0.25, 0.3) is 0 Å². The molecule has 7 heteroatoms. The Morgan fingerprint density at radius 1 is 1.23 bits per heavy atom. The van der Waals surface area contributed by atoms with E-state index in [0.717, 1.165) is 12.0 Å². The van der Waals surface area contributed by atoms with Gasteiger partial charge < -0.3 is 0 Å². The second kappa shape index (κ2) is 8.26. The maximum Gasteiger partial charge on any atom is 0.261 e. The molecular formula is C15H24N2O4S. The predicted octanol–water partition coefficient (Wildman–Crippen LogP) is 1.76. The molecule has 22 heavy (non-hydrogen) atoms. The van der Waals surface area contributed by atoms with Crippen molar-refractivity contribution in [1.29, 1.82) is 0 Å². The van der Waals surface area contributed by atoms with Crippen molar-refractivity contribution in [3.8, 4) is 0 Å². The molecule has 1 aromatic rings. The van der Waals surface area contributed by atoms with E-state index in [0.29, 0.717) is 6.61 Å². The summed E-state index contributed by atoms with van der Waals surface area (Å²) in [5.41, 5.74) is 3.25. The highest BCUT2D eigenvalue weighted by Crippen LogP contribution is 2.13. The Hall–Kier alpha value is -1.44. The van der Waals surface area contributed by atoms with Gasteiger partial charge >= 0.3 is 0 Å². The lowest BCUT2D eigenvalue weighted by Gasteiger charge is -2.21. The van der Waals surface area contributed by atoms with E-state index in [1.807, 2.05) is 13.8 Å². The summed E-state index contributed by atoms with van der Waals surface area (Å²) in [4.78, 5) is 17.2. The maximum absolute atomic E-state index is 12.4. The van der Waals surface area contributed by atoms with E-state index in [1.165, 1.54) is 12.1 Å². The number of hydrogen-bond donors (Lipinski definition) is 2. The van der Waals surface area contributed by atoms with Crippen molar-refractivity contribution in [3.63, 3.8) is 0 Å². The number of carbonyl (C=O) groups is 1. The molecule has 0 aliphatic heterocycles. The minimum absolute atomic E-state index is 0.131. The molecule has 0 aliphatic rings. The van der Waals surface area contributed by atoms with Gasteiger partial charge in [0.2, 0.25) is 10.0 Å². The number of sulfonamides is 1. The van der Waals surface area contributed by atoms with Gasteiger partial charge in [0, 0.05) is 0 Å². The van der Waals surface area contributed by atoms with Gasteiger partial charge in [-0.15, -0.1) is 0 Å². The molecule has 0 aromatic heterocycles. The van der Waals surface area contributed by atoms with Crippen LogP contribution < -0.4 is 10.2 Å². The molecule has 6 nitrogen and oxygen atoms in total. The maximum atomic E-state index is 12.4. The summed E-state index contributed by atoms with van der Waals surface area (Å²) in [6, 6.07) is 5.55. The highest BCUT2D eigenvalue weighted by molar-refractivity contribution is 7.89. The van der Waals surface area contributed by atoms with Gasteiger partial charge in [0.15, 0.2) is 0 Å². The lowest BCUT2D eigenvalue weighted by molar-refractivity contribution is -0.136. The highest BCUT2D eigenvalue weighted by Gasteiger charge is 2.28. The largest absolute Gasteiger partial charge is 0.274 e. The van der Waals surface area contributed by atoms with Crippen LogP contribution in [-0.2, 0) is 19.7 Å². The number of aryl methyl sites for hydroxylation is 1. The highest BCUT2D eigenvalue weighted by atomic mass is 32.2. The van der Waals surface area contributed by atoms with Gasteiger partial charge in [0.25, 0.3) is 5.91 Å². The summed E-state index contributed by atoms with van der Waals surface area (Å²) in [5, 5.41) is 0. The van der Waals surface area contributed by atoms with Crippen LogP contribution in [0.2, 0.25) is 0 Å². The number of benzene rings is 1. The smallest absolute Gasteiger partial charge is 0.261 e. The van der Waals surface area contributed by atoms with Gasteiger partial charge in [0.05, 0.1) is 11.5 Å². The summed E-state index contributed by atoms with van der Waals surface area (Å²) < 4.78 is 27.2. The van der Waals surface area contributed by atoms with E-state index in [-0.39, 0.29) is 10.8 Å². The van der Waals surface area contributed by atoms with Crippen LogP contribution >= 0.6 is 0 Å². The molecule has 0 heterocycles. The minimum atomic E-state index is -3.76. The molecular weight excluding hydrogens is 304 g/mol. The summed E-state index contributed by atoms with van der Waals surface area (Å²) in [6.07, 6.45) is 0.752. The van der Waals surface area contributed by atoms with Crippen molar-refractivity contribution >= 4 is 15.9 Å². The zero-order chi connectivity index (χ0) is 16.8. The van der Waals surface area contributed by atoms with Crippen molar-refractivity contribution in [3.05, 3.63) is 29.8 Å². The Kier molecular flexibility index (Phi) is 6.99. The van der Waals surface area contributed by atoms with Crippen molar-refractivity contribution in [2.75, 3.05) is 6.61 Å². The molecule has 1 rings (SSSR count). The molecule has 2 N–H and O–H groups in total. The normalized spacial score (nSPS) is 13.1. The van der Waals surface area contributed by atoms with E-state index in [1.54, 1.807) is 26.0 Å². The Bertz CT molecular complexity index is 582. The average Bonchev–Trinajstić information content (AvgIpc) is 2.45. The Labute approximate surface area is 132 Å². The molecule has 124 valence electrons. The van der Waals surface area contributed by atoms with Crippen LogP contribution in [-0.4, -0.2) is 27.0 Å². The molecule has 0 aliphatic carbocycles. The molecule has 1 amide bonds. The van der Waals surface area contributed by atoms with Crippen LogP contribution in [0, 0.1) is 12.8 Å². The number of amides is 1. The van der Waals surface area contributed by atoms with Crippen LogP contribution in [0.3, 0.4) is 0 Å². The quantitative estimate of drug-likeness (QED) is 0.562. The van der Waals surface area contributed by atoms with Crippen LogP contribution in [0.4, 0.5) is 0 Å². The molecule has 0 bridgehead atoms. The van der Waals surface area contributed by atoms with E-state index in [4.69, 9.17) is 4.84 Å². The first-order valence-corrected chi connectivity index (χ1v) is 8.77. The first-order valence-electron chi connectivity index (χ1n) is 7.28. The Morgan fingerprint density at radius 3 is 2.32 bits per heavy atom. The van der Waals surface area contributed by atoms with Gasteiger partial charge in [-0.1, -0.05) is 38.5 Å². The van der Waals surface area contributed by atoms with Gasteiger partial charge in [-0.25, -0.2) is 13.9 Å². The summed E-state index contributed by atoms with van der Waals surface area (Å²) in [7, 11) is -3.76. The molecule has 0 fully saturated rings. The fourth-order valence-electron chi connectivity index (χ4n) is 1.73. The second-order valence-corrected chi connectivity index (χ2v) is 7.18. The van der Waals surface area contributed by atoms with Crippen LogP contribution in [0.5, 0.6) is 0 Å². The van der Waals surface area contributed by atoms with Crippen LogP contribution in [0.1, 0.15) is 32.8 Å². The summed E-state index contributed by atoms with van der Waals surface area (Å²) in [6.45, 7) is 7.69. The van der Waals surface area contributed by atoms with Crippen LogP contribution in [0.15, 0.2) is 29.2 Å². The number of carbonyl (C=O) groups excluding carboxylic acids is 1. The molecule has 0 radical (unpaired) electrons. The summed E-state index contributed by atoms with van der Waals surface area (Å²) >= 11 is 0. The molecule has 0 spiro atoms. The topological polar surface area (TPSA) is 84.5 Å². The van der Waals surface area contributed by atoms with Crippen molar-refractivity contribution in [2.24, 2.45) is 5.92 Å². The number of rotatable bonds is 8. The fourth-order valence-corrected chi connectivity index (χ4v) is 3.08. The number of nitrogens with one attached hydrogen (secondary N) is 2. The van der Waals surface area contributed by atoms with Gasteiger partial charge in [-0.05, 0) is 31.4 Å². The van der Waals surface area contributed by atoms with Gasteiger partial charge in [-0.3, -0.25) is 9.63 Å². The molecule has 1 unspecified atom stereocenters.